The summed E-state index contributed by atoms with van der Waals surface area (Å²) in [6.45, 7) is 1.18. The first-order valence-corrected chi connectivity index (χ1v) is 8.64. The number of rotatable bonds is 3. The van der Waals surface area contributed by atoms with Crippen molar-refractivity contribution in [2.45, 2.75) is 25.3 Å². The molecule has 1 amide bonds. The number of halogens is 1. The summed E-state index contributed by atoms with van der Waals surface area (Å²) in [7, 11) is 0. The Kier molecular flexibility index (Phi) is 3.94. The topological polar surface area (TPSA) is 52.6 Å². The molecule has 2 aliphatic rings. The molecule has 4 nitrogen and oxygen atoms in total. The maximum atomic E-state index is 11.5. The third-order valence-corrected chi connectivity index (χ3v) is 5.23. The van der Waals surface area contributed by atoms with E-state index in [1.54, 1.807) is 0 Å². The Morgan fingerprint density at radius 2 is 2.04 bits per heavy atom. The number of fused-ring (bicyclic) bond motifs is 1. The summed E-state index contributed by atoms with van der Waals surface area (Å²) >= 11 is 6.41. The standard InChI is InChI=1S/C19H19ClN2O2/c20-17-10-18-13(9-19(24)21-18)8-16(17)12-3-5-14(6-4-12)22-7-1-2-15(22)11-23/h3-6,8,10,15,23H,1-2,7,9,11H2,(H,21,24)/t15-/m1/s1. The molecule has 5 heteroatoms. The number of nitrogens with zero attached hydrogens (tertiary/aromatic N) is 1. The van der Waals surface area contributed by atoms with Gasteiger partial charge in [0.05, 0.1) is 24.1 Å². The lowest BCUT2D eigenvalue weighted by molar-refractivity contribution is -0.115. The zero-order chi connectivity index (χ0) is 16.7. The number of carbonyl (C=O) groups excluding carboxylic acids is 1. The molecule has 2 heterocycles. The van der Waals surface area contributed by atoms with E-state index >= 15 is 0 Å². The minimum absolute atomic E-state index is 0.0117. The van der Waals surface area contributed by atoms with Crippen molar-refractivity contribution in [1.29, 1.82) is 0 Å². The molecular weight excluding hydrogens is 324 g/mol. The summed E-state index contributed by atoms with van der Waals surface area (Å²) < 4.78 is 0. The zero-order valence-electron chi connectivity index (χ0n) is 13.3. The molecular formula is C19H19ClN2O2. The summed E-state index contributed by atoms with van der Waals surface area (Å²) in [5.74, 6) is 0.0117. The van der Waals surface area contributed by atoms with E-state index in [0.717, 1.165) is 47.5 Å². The number of benzene rings is 2. The van der Waals surface area contributed by atoms with Crippen LogP contribution in [0.4, 0.5) is 11.4 Å². The van der Waals surface area contributed by atoms with Gasteiger partial charge in [0.1, 0.15) is 0 Å². The van der Waals surface area contributed by atoms with Crippen LogP contribution in [-0.4, -0.2) is 30.2 Å². The summed E-state index contributed by atoms with van der Waals surface area (Å²) in [5, 5.41) is 12.9. The largest absolute Gasteiger partial charge is 0.394 e. The Bertz CT molecular complexity index is 789. The van der Waals surface area contributed by atoms with Crippen molar-refractivity contribution in [2.24, 2.45) is 0 Å². The van der Waals surface area contributed by atoms with E-state index in [9.17, 15) is 9.90 Å². The molecule has 1 fully saturated rings. The first-order chi connectivity index (χ1) is 11.7. The molecule has 1 saturated heterocycles. The lowest BCUT2D eigenvalue weighted by Crippen LogP contribution is -2.31. The van der Waals surface area contributed by atoms with Crippen molar-refractivity contribution in [3.63, 3.8) is 0 Å². The van der Waals surface area contributed by atoms with Gasteiger partial charge in [0.2, 0.25) is 5.91 Å². The van der Waals surface area contributed by atoms with Crippen LogP contribution in [0.25, 0.3) is 11.1 Å². The van der Waals surface area contributed by atoms with Crippen molar-refractivity contribution in [3.8, 4) is 11.1 Å². The van der Waals surface area contributed by atoms with Gasteiger partial charge in [-0.25, -0.2) is 0 Å². The first-order valence-electron chi connectivity index (χ1n) is 8.26. The molecule has 2 aliphatic heterocycles. The van der Waals surface area contributed by atoms with Crippen LogP contribution >= 0.6 is 11.6 Å². The van der Waals surface area contributed by atoms with Crippen molar-refractivity contribution in [1.82, 2.24) is 0 Å². The highest BCUT2D eigenvalue weighted by Crippen LogP contribution is 2.36. The summed E-state index contributed by atoms with van der Waals surface area (Å²) in [5.41, 5.74) is 4.91. The number of aliphatic hydroxyl groups is 1. The quantitative estimate of drug-likeness (QED) is 0.898. The van der Waals surface area contributed by atoms with Crippen LogP contribution in [0.2, 0.25) is 5.02 Å². The van der Waals surface area contributed by atoms with Gasteiger partial charge in [-0.1, -0.05) is 23.7 Å². The second kappa shape index (κ2) is 6.11. The SMILES string of the molecule is O=C1Cc2cc(-c3ccc(N4CCC[C@@H]4CO)cc3)c(Cl)cc2N1. The summed E-state index contributed by atoms with van der Waals surface area (Å²) in [4.78, 5) is 13.8. The Morgan fingerprint density at radius 1 is 1.25 bits per heavy atom. The van der Waals surface area contributed by atoms with Gasteiger partial charge in [0, 0.05) is 23.5 Å². The Labute approximate surface area is 146 Å². The molecule has 0 radical (unpaired) electrons. The predicted molar refractivity (Wildman–Crippen MR) is 96.7 cm³/mol. The molecule has 0 saturated carbocycles. The number of nitrogens with one attached hydrogen (secondary N) is 1. The predicted octanol–water partition coefficient (Wildman–Crippen LogP) is 3.46. The second-order valence-corrected chi connectivity index (χ2v) is 6.84. The molecule has 2 aromatic rings. The molecule has 24 heavy (non-hydrogen) atoms. The van der Waals surface area contributed by atoms with E-state index in [2.05, 4.69) is 34.5 Å². The van der Waals surface area contributed by atoms with Gasteiger partial charge in [0.15, 0.2) is 0 Å². The van der Waals surface area contributed by atoms with Crippen molar-refractivity contribution >= 4 is 28.9 Å². The van der Waals surface area contributed by atoms with E-state index in [4.69, 9.17) is 11.6 Å². The molecule has 4 rings (SSSR count). The fourth-order valence-corrected chi connectivity index (χ4v) is 3.94. The minimum atomic E-state index is 0.0117. The minimum Gasteiger partial charge on any atom is -0.394 e. The van der Waals surface area contributed by atoms with Crippen molar-refractivity contribution in [2.75, 3.05) is 23.4 Å². The van der Waals surface area contributed by atoms with Gasteiger partial charge in [-0.05, 0) is 48.2 Å². The zero-order valence-corrected chi connectivity index (χ0v) is 14.0. The van der Waals surface area contributed by atoms with Crippen LogP contribution in [0.1, 0.15) is 18.4 Å². The maximum Gasteiger partial charge on any atom is 0.228 e. The Hall–Kier alpha value is -2.04. The fraction of sp³-hybridized carbons (Fsp3) is 0.316. The van der Waals surface area contributed by atoms with Crippen LogP contribution in [-0.2, 0) is 11.2 Å². The smallest absolute Gasteiger partial charge is 0.228 e. The molecule has 2 aromatic carbocycles. The second-order valence-electron chi connectivity index (χ2n) is 6.43. The van der Waals surface area contributed by atoms with Gasteiger partial charge < -0.3 is 15.3 Å². The van der Waals surface area contributed by atoms with Crippen LogP contribution in [0.3, 0.4) is 0 Å². The van der Waals surface area contributed by atoms with Gasteiger partial charge in [-0.15, -0.1) is 0 Å². The van der Waals surface area contributed by atoms with Crippen LogP contribution in [0, 0.1) is 0 Å². The average Bonchev–Trinajstić information content (AvgIpc) is 3.19. The molecule has 124 valence electrons. The highest BCUT2D eigenvalue weighted by molar-refractivity contribution is 6.34. The molecule has 0 aliphatic carbocycles. The highest BCUT2D eigenvalue weighted by atomic mass is 35.5. The lowest BCUT2D eigenvalue weighted by atomic mass is 10.0. The van der Waals surface area contributed by atoms with E-state index in [-0.39, 0.29) is 18.6 Å². The molecule has 0 aromatic heterocycles. The number of anilines is 2. The molecule has 0 unspecified atom stereocenters. The Balaban J connectivity index is 1.64. The Morgan fingerprint density at radius 3 is 2.79 bits per heavy atom. The fourth-order valence-electron chi connectivity index (χ4n) is 3.67. The van der Waals surface area contributed by atoms with Crippen LogP contribution in [0.5, 0.6) is 0 Å². The van der Waals surface area contributed by atoms with Crippen molar-refractivity contribution < 1.29 is 9.90 Å². The van der Waals surface area contributed by atoms with Crippen LogP contribution < -0.4 is 10.2 Å². The highest BCUT2D eigenvalue weighted by Gasteiger charge is 2.24. The van der Waals surface area contributed by atoms with E-state index in [1.165, 1.54) is 0 Å². The average molecular weight is 343 g/mol. The molecule has 0 spiro atoms. The van der Waals surface area contributed by atoms with E-state index in [1.807, 2.05) is 12.1 Å². The summed E-state index contributed by atoms with van der Waals surface area (Å²) in [6.07, 6.45) is 2.56. The molecule has 0 bridgehead atoms. The third-order valence-electron chi connectivity index (χ3n) is 4.92. The number of carbonyl (C=O) groups is 1. The lowest BCUT2D eigenvalue weighted by Gasteiger charge is -2.25. The summed E-state index contributed by atoms with van der Waals surface area (Å²) in [6, 6.07) is 12.3. The normalized spacial score (nSPS) is 19.5. The number of hydrogen-bond acceptors (Lipinski definition) is 3. The van der Waals surface area contributed by atoms with Gasteiger partial charge >= 0.3 is 0 Å². The number of hydrogen-bond donors (Lipinski definition) is 2. The van der Waals surface area contributed by atoms with Gasteiger partial charge in [0.25, 0.3) is 0 Å². The van der Waals surface area contributed by atoms with Crippen molar-refractivity contribution in [3.05, 3.63) is 47.0 Å². The monoisotopic (exact) mass is 342 g/mol. The van der Waals surface area contributed by atoms with E-state index in [0.29, 0.717) is 11.4 Å². The molecule has 2 N–H and O–H groups in total. The molecule has 1 atom stereocenters. The first kappa shape index (κ1) is 15.5. The van der Waals surface area contributed by atoms with Crippen LogP contribution in [0.15, 0.2) is 36.4 Å². The maximum absolute atomic E-state index is 11.5. The van der Waals surface area contributed by atoms with Gasteiger partial charge in [-0.2, -0.15) is 0 Å². The number of aliphatic hydroxyl groups excluding tert-OH is 1. The number of amides is 1. The third kappa shape index (κ3) is 2.66. The van der Waals surface area contributed by atoms with Gasteiger partial charge in [-0.3, -0.25) is 4.79 Å². The van der Waals surface area contributed by atoms with E-state index < -0.39 is 0 Å².